The van der Waals surface area contributed by atoms with E-state index in [0.717, 1.165) is 0 Å². The van der Waals surface area contributed by atoms with Gasteiger partial charge in [0.1, 0.15) is 0 Å². The van der Waals surface area contributed by atoms with Gasteiger partial charge in [0.15, 0.2) is 0 Å². The van der Waals surface area contributed by atoms with Gasteiger partial charge in [0.05, 0.1) is 0 Å². The molecule has 0 fully saturated rings. The molecule has 0 aromatic rings. The molecule has 0 heterocycles. The SMILES string of the molecule is O=C(OC(=O)C(F)(F)C(F)(F)F)C(F)C(F)(F)F. The maximum Gasteiger partial charge on any atom is 0.465 e. The van der Waals surface area contributed by atoms with E-state index >= 15 is 0 Å². The Bertz CT molecular complexity index is 341. The fourth-order valence-electron chi connectivity index (χ4n) is 0.457. The third-order valence-electron chi connectivity index (χ3n) is 1.30. The smallest absolute Gasteiger partial charge is 0.386 e. The minimum atomic E-state index is -6.49. The lowest BCUT2D eigenvalue weighted by Gasteiger charge is -2.18. The van der Waals surface area contributed by atoms with E-state index in [1.165, 1.54) is 0 Å². The van der Waals surface area contributed by atoms with Crippen molar-refractivity contribution in [2.75, 3.05) is 0 Å². The Morgan fingerprint density at radius 3 is 1.56 bits per heavy atom. The first-order valence-corrected chi connectivity index (χ1v) is 3.62. The van der Waals surface area contributed by atoms with Crippen molar-refractivity contribution >= 4 is 11.9 Å². The molecule has 0 amide bonds. The molecule has 0 aromatic heterocycles. The van der Waals surface area contributed by atoms with Gasteiger partial charge < -0.3 is 4.74 Å². The summed E-state index contributed by atoms with van der Waals surface area (Å²) >= 11 is 0. The summed E-state index contributed by atoms with van der Waals surface area (Å²) in [6.45, 7) is 0. The van der Waals surface area contributed by atoms with Gasteiger partial charge in [-0.25, -0.2) is 14.0 Å². The van der Waals surface area contributed by atoms with Gasteiger partial charge in [-0.2, -0.15) is 35.1 Å². The standard InChI is InChI=1S/C6HF9O3/c7-1(5(10,11)12)2(16)18-3(17)4(8,9)6(13,14)15/h1H. The molecule has 0 aromatic carbocycles. The van der Waals surface area contributed by atoms with Crippen LogP contribution in [0.2, 0.25) is 0 Å². The van der Waals surface area contributed by atoms with Crippen LogP contribution >= 0.6 is 0 Å². The molecule has 106 valence electrons. The topological polar surface area (TPSA) is 43.4 Å². The number of carbonyl (C=O) groups excluding carboxylic acids is 2. The lowest BCUT2D eigenvalue weighted by molar-refractivity contribution is -0.280. The Kier molecular flexibility index (Phi) is 4.26. The highest BCUT2D eigenvalue weighted by atomic mass is 19.4. The predicted molar refractivity (Wildman–Crippen MR) is 33.1 cm³/mol. The maximum atomic E-state index is 12.1. The summed E-state index contributed by atoms with van der Waals surface area (Å²) in [7, 11) is 0. The second kappa shape index (κ2) is 4.65. The molecule has 0 aliphatic carbocycles. The molecule has 0 rings (SSSR count). The first-order chi connectivity index (χ1) is 7.71. The molecule has 0 bridgehead atoms. The number of hydrogen-bond donors (Lipinski definition) is 0. The van der Waals surface area contributed by atoms with Crippen LogP contribution < -0.4 is 0 Å². The van der Waals surface area contributed by atoms with Gasteiger partial charge in [-0.15, -0.1) is 0 Å². The van der Waals surface area contributed by atoms with E-state index < -0.39 is 36.4 Å². The Hall–Kier alpha value is -1.49. The first kappa shape index (κ1) is 16.5. The number of hydrogen-bond acceptors (Lipinski definition) is 3. The van der Waals surface area contributed by atoms with Crippen molar-refractivity contribution in [1.82, 2.24) is 0 Å². The molecule has 3 nitrogen and oxygen atoms in total. The maximum absolute atomic E-state index is 12.1. The van der Waals surface area contributed by atoms with Gasteiger partial charge in [-0.05, 0) is 0 Å². The number of rotatable bonds is 2. The minimum Gasteiger partial charge on any atom is -0.386 e. The highest BCUT2D eigenvalue weighted by Crippen LogP contribution is 2.36. The highest BCUT2D eigenvalue weighted by Gasteiger charge is 2.66. The van der Waals surface area contributed by atoms with E-state index in [9.17, 15) is 49.1 Å². The first-order valence-electron chi connectivity index (χ1n) is 3.62. The predicted octanol–water partition coefficient (Wildman–Crippen LogP) is 2.15. The van der Waals surface area contributed by atoms with Crippen LogP contribution in [0, 0.1) is 0 Å². The third kappa shape index (κ3) is 3.50. The molecule has 0 spiro atoms. The van der Waals surface area contributed by atoms with Crippen molar-refractivity contribution < 1.29 is 53.8 Å². The molecule has 0 aliphatic heterocycles. The van der Waals surface area contributed by atoms with Crippen LogP contribution in [0.4, 0.5) is 39.5 Å². The zero-order valence-corrected chi connectivity index (χ0v) is 7.70. The lowest BCUT2D eigenvalue weighted by Crippen LogP contribution is -2.47. The van der Waals surface area contributed by atoms with Crippen LogP contribution in [0.5, 0.6) is 0 Å². The van der Waals surface area contributed by atoms with Crippen molar-refractivity contribution in [3.8, 4) is 0 Å². The summed E-state index contributed by atoms with van der Waals surface area (Å²) in [4.78, 5) is 20.2. The molecule has 1 atom stereocenters. The molecule has 18 heavy (non-hydrogen) atoms. The van der Waals surface area contributed by atoms with Crippen molar-refractivity contribution in [2.24, 2.45) is 0 Å². The minimum absolute atomic E-state index is 2.49. The van der Waals surface area contributed by atoms with Crippen molar-refractivity contribution in [3.05, 3.63) is 0 Å². The molecule has 12 heteroatoms. The van der Waals surface area contributed by atoms with Crippen LogP contribution in [-0.4, -0.2) is 36.4 Å². The number of ether oxygens (including phenoxy) is 1. The fraction of sp³-hybridized carbons (Fsp3) is 0.667. The van der Waals surface area contributed by atoms with E-state index in [0.29, 0.717) is 0 Å². The van der Waals surface area contributed by atoms with E-state index in [2.05, 4.69) is 4.74 Å². The Morgan fingerprint density at radius 1 is 0.889 bits per heavy atom. The van der Waals surface area contributed by atoms with Gasteiger partial charge in [0.25, 0.3) is 6.17 Å². The summed E-state index contributed by atoms with van der Waals surface area (Å²) in [5.41, 5.74) is 0. The van der Waals surface area contributed by atoms with Gasteiger partial charge >= 0.3 is 30.2 Å². The molecule has 0 saturated carbocycles. The largest absolute Gasteiger partial charge is 0.465 e. The van der Waals surface area contributed by atoms with Crippen molar-refractivity contribution in [3.63, 3.8) is 0 Å². The van der Waals surface area contributed by atoms with Gasteiger partial charge in [-0.3, -0.25) is 0 Å². The lowest BCUT2D eigenvalue weighted by atomic mass is 10.3. The number of alkyl halides is 9. The van der Waals surface area contributed by atoms with E-state index in [4.69, 9.17) is 0 Å². The summed E-state index contributed by atoms with van der Waals surface area (Å²) < 4.78 is 108. The monoisotopic (exact) mass is 292 g/mol. The number of halogens is 9. The van der Waals surface area contributed by atoms with E-state index in [1.54, 1.807) is 0 Å². The van der Waals surface area contributed by atoms with E-state index in [-0.39, 0.29) is 0 Å². The third-order valence-corrected chi connectivity index (χ3v) is 1.30. The Morgan fingerprint density at radius 2 is 1.28 bits per heavy atom. The number of esters is 2. The highest BCUT2D eigenvalue weighted by molar-refractivity contribution is 5.92. The van der Waals surface area contributed by atoms with Crippen LogP contribution in [-0.2, 0) is 14.3 Å². The average Bonchev–Trinajstić information content (AvgIpc) is 2.12. The summed E-state index contributed by atoms with van der Waals surface area (Å²) in [5, 5.41) is 0. The fourth-order valence-corrected chi connectivity index (χ4v) is 0.457. The normalized spacial score (nSPS) is 15.2. The second-order valence-electron chi connectivity index (χ2n) is 2.68. The summed E-state index contributed by atoms with van der Waals surface area (Å²) in [5.74, 6) is -13.1. The molecular weight excluding hydrogens is 291 g/mol. The van der Waals surface area contributed by atoms with Crippen molar-refractivity contribution in [1.29, 1.82) is 0 Å². The molecule has 0 saturated heterocycles. The quantitative estimate of drug-likeness (QED) is 0.445. The second-order valence-corrected chi connectivity index (χ2v) is 2.68. The molecule has 0 radical (unpaired) electrons. The molecule has 0 aliphatic rings. The average molecular weight is 292 g/mol. The van der Waals surface area contributed by atoms with Crippen LogP contribution in [0.15, 0.2) is 0 Å². The van der Waals surface area contributed by atoms with Crippen LogP contribution in [0.1, 0.15) is 0 Å². The Labute approximate surface area is 91.5 Å². The van der Waals surface area contributed by atoms with Crippen LogP contribution in [0.3, 0.4) is 0 Å². The summed E-state index contributed by atoms with van der Waals surface area (Å²) in [6.07, 6.45) is -16.9. The molecule has 1 unspecified atom stereocenters. The summed E-state index contributed by atoms with van der Waals surface area (Å²) in [6, 6.07) is 0. The number of carbonyl (C=O) groups is 2. The van der Waals surface area contributed by atoms with Crippen LogP contribution in [0.25, 0.3) is 0 Å². The van der Waals surface area contributed by atoms with Gasteiger partial charge in [0, 0.05) is 0 Å². The zero-order chi connectivity index (χ0) is 14.9. The zero-order valence-electron chi connectivity index (χ0n) is 7.70. The van der Waals surface area contributed by atoms with Gasteiger partial charge in [-0.1, -0.05) is 0 Å². The Balaban J connectivity index is 4.85. The molecule has 0 N–H and O–H groups in total. The van der Waals surface area contributed by atoms with E-state index in [1.807, 2.05) is 0 Å². The molecular formula is C6HF9O3. The van der Waals surface area contributed by atoms with Gasteiger partial charge in [0.2, 0.25) is 0 Å². The van der Waals surface area contributed by atoms with Crippen molar-refractivity contribution in [2.45, 2.75) is 24.4 Å².